The Morgan fingerprint density at radius 2 is 1.53 bits per heavy atom. The number of rotatable bonds is 3. The third-order valence-electron chi connectivity index (χ3n) is 6.41. The van der Waals surface area contributed by atoms with E-state index in [0.717, 1.165) is 11.1 Å². The van der Waals surface area contributed by atoms with Crippen LogP contribution in [0, 0.1) is 11.8 Å². The zero-order valence-corrected chi connectivity index (χ0v) is 16.6. The van der Waals surface area contributed by atoms with Crippen molar-refractivity contribution < 1.29 is 19.2 Å². The van der Waals surface area contributed by atoms with Gasteiger partial charge in [0.1, 0.15) is 0 Å². The molecular formula is C24H20N2O4. The van der Waals surface area contributed by atoms with Crippen molar-refractivity contribution in [3.63, 3.8) is 0 Å². The molecule has 0 spiro atoms. The van der Waals surface area contributed by atoms with Crippen molar-refractivity contribution in [3.05, 3.63) is 71.4 Å². The molecule has 2 saturated heterocycles. The molecule has 0 saturated carbocycles. The lowest BCUT2D eigenvalue weighted by atomic mass is 9.84. The van der Waals surface area contributed by atoms with Gasteiger partial charge in [0.2, 0.25) is 11.8 Å². The van der Waals surface area contributed by atoms with Crippen LogP contribution in [0.1, 0.15) is 41.4 Å². The molecule has 0 unspecified atom stereocenters. The molecule has 3 aliphatic heterocycles. The van der Waals surface area contributed by atoms with Gasteiger partial charge in [0.05, 0.1) is 29.6 Å². The lowest BCUT2D eigenvalue weighted by Gasteiger charge is -2.34. The number of Topliss-reactive ketones (excluding diaryl/α,β-unsaturated/α-hetero) is 2. The van der Waals surface area contributed by atoms with Crippen molar-refractivity contribution in [3.8, 4) is 0 Å². The van der Waals surface area contributed by atoms with Crippen LogP contribution in [0.15, 0.2) is 54.7 Å². The molecule has 0 aromatic heterocycles. The largest absolute Gasteiger partial charge is 0.359 e. The Morgan fingerprint density at radius 3 is 2.20 bits per heavy atom. The smallest absolute Gasteiger partial charge is 0.240 e. The number of nitrogens with zero attached hydrogens (tertiary/aromatic N) is 2. The zero-order valence-electron chi connectivity index (χ0n) is 16.6. The summed E-state index contributed by atoms with van der Waals surface area (Å²) >= 11 is 0. The fourth-order valence-electron chi connectivity index (χ4n) is 5.12. The Bertz CT molecular complexity index is 1130. The van der Waals surface area contributed by atoms with E-state index in [2.05, 4.69) is 0 Å². The first-order valence-electron chi connectivity index (χ1n) is 9.94. The number of hydrogen-bond donors (Lipinski definition) is 0. The van der Waals surface area contributed by atoms with E-state index in [9.17, 15) is 19.2 Å². The highest BCUT2D eigenvalue weighted by atomic mass is 16.2. The first kappa shape index (κ1) is 18.5. The predicted molar refractivity (Wildman–Crippen MR) is 110 cm³/mol. The molecule has 2 aromatic rings. The van der Waals surface area contributed by atoms with E-state index in [0.29, 0.717) is 11.3 Å². The van der Waals surface area contributed by atoms with Crippen LogP contribution in [0.5, 0.6) is 0 Å². The van der Waals surface area contributed by atoms with Crippen molar-refractivity contribution in [1.29, 1.82) is 0 Å². The minimum Gasteiger partial charge on any atom is -0.359 e. The Kier molecular flexibility index (Phi) is 4.00. The first-order chi connectivity index (χ1) is 14.4. The monoisotopic (exact) mass is 400 g/mol. The molecule has 0 N–H and O–H groups in total. The fraction of sp³-hybridized carbons (Fsp3) is 0.250. The second kappa shape index (κ2) is 6.49. The van der Waals surface area contributed by atoms with Crippen LogP contribution < -0.4 is 4.90 Å². The van der Waals surface area contributed by atoms with E-state index in [1.54, 1.807) is 24.3 Å². The molecular weight excluding hydrogens is 380 g/mol. The van der Waals surface area contributed by atoms with E-state index in [1.807, 2.05) is 41.4 Å². The first-order valence-corrected chi connectivity index (χ1v) is 9.94. The molecule has 5 rings (SSSR count). The van der Waals surface area contributed by atoms with Crippen LogP contribution in [0.4, 0.5) is 5.69 Å². The lowest BCUT2D eigenvalue weighted by molar-refractivity contribution is -0.129. The molecule has 3 aliphatic rings. The van der Waals surface area contributed by atoms with Gasteiger partial charge in [-0.15, -0.1) is 0 Å². The van der Waals surface area contributed by atoms with E-state index < -0.39 is 17.9 Å². The molecule has 0 aliphatic carbocycles. The molecule has 150 valence electrons. The Balaban J connectivity index is 1.60. The van der Waals surface area contributed by atoms with E-state index in [-0.39, 0.29) is 29.4 Å². The number of carbonyl (C=O) groups excluding carboxylic acids is 4. The van der Waals surface area contributed by atoms with Crippen molar-refractivity contribution in [2.45, 2.75) is 25.9 Å². The Morgan fingerprint density at radius 1 is 0.867 bits per heavy atom. The van der Waals surface area contributed by atoms with Gasteiger partial charge < -0.3 is 4.90 Å². The van der Waals surface area contributed by atoms with Gasteiger partial charge in [0.25, 0.3) is 0 Å². The van der Waals surface area contributed by atoms with Gasteiger partial charge in [0.15, 0.2) is 11.6 Å². The SMILES string of the molecule is CC(=O)c1ccc(N2C(=O)[C@@H]3[C@@H](C2=O)[C@@H]2c4ccccc4C=CN2[C@H]3C(C)=O)cc1. The average molecular weight is 400 g/mol. The van der Waals surface area contributed by atoms with Gasteiger partial charge in [-0.3, -0.25) is 19.2 Å². The average Bonchev–Trinajstić information content (AvgIpc) is 3.21. The summed E-state index contributed by atoms with van der Waals surface area (Å²) in [6.45, 7) is 2.94. The normalized spacial score (nSPS) is 26.5. The van der Waals surface area contributed by atoms with Crippen molar-refractivity contribution in [2.24, 2.45) is 11.8 Å². The molecule has 6 nitrogen and oxygen atoms in total. The molecule has 6 heteroatoms. The summed E-state index contributed by atoms with van der Waals surface area (Å²) in [6.07, 6.45) is 3.76. The number of carbonyl (C=O) groups is 4. The van der Waals surface area contributed by atoms with Gasteiger partial charge >= 0.3 is 0 Å². The standard InChI is InChI=1S/C24H20N2O4/c1-13(27)15-7-9-17(10-8-15)26-23(29)19-20(24(26)30)22-18-6-4-3-5-16(18)11-12-25(22)21(19)14(2)28/h3-12,19-22H,1-2H3/t19-,20-,21+,22+/m1/s1. The van der Waals surface area contributed by atoms with Crippen LogP contribution >= 0.6 is 0 Å². The summed E-state index contributed by atoms with van der Waals surface area (Å²) in [5.74, 6) is -2.25. The highest BCUT2D eigenvalue weighted by Gasteiger charge is 2.63. The summed E-state index contributed by atoms with van der Waals surface area (Å²) < 4.78 is 0. The molecule has 4 atom stereocenters. The van der Waals surface area contributed by atoms with Gasteiger partial charge in [-0.25, -0.2) is 4.90 Å². The Hall–Kier alpha value is -3.54. The van der Waals surface area contributed by atoms with Crippen LogP contribution in [0.3, 0.4) is 0 Å². The van der Waals surface area contributed by atoms with Gasteiger partial charge in [-0.2, -0.15) is 0 Å². The maximum absolute atomic E-state index is 13.5. The van der Waals surface area contributed by atoms with E-state index in [1.165, 1.54) is 18.7 Å². The summed E-state index contributed by atoms with van der Waals surface area (Å²) in [6, 6.07) is 13.2. The zero-order chi connectivity index (χ0) is 21.2. The summed E-state index contributed by atoms with van der Waals surface area (Å²) in [7, 11) is 0. The van der Waals surface area contributed by atoms with E-state index >= 15 is 0 Å². The topological polar surface area (TPSA) is 74.8 Å². The van der Waals surface area contributed by atoms with Gasteiger partial charge in [-0.1, -0.05) is 24.3 Å². The molecule has 0 bridgehead atoms. The summed E-state index contributed by atoms with van der Waals surface area (Å²) in [5.41, 5.74) is 2.88. The number of amides is 2. The summed E-state index contributed by atoms with van der Waals surface area (Å²) in [5, 5.41) is 0. The molecule has 2 amide bonds. The highest BCUT2D eigenvalue weighted by Crippen LogP contribution is 2.53. The van der Waals surface area contributed by atoms with Crippen molar-refractivity contribution >= 4 is 35.1 Å². The summed E-state index contributed by atoms with van der Waals surface area (Å²) in [4.78, 5) is 54.2. The lowest BCUT2D eigenvalue weighted by Crippen LogP contribution is -2.43. The quantitative estimate of drug-likeness (QED) is 0.585. The fourth-order valence-corrected chi connectivity index (χ4v) is 5.12. The maximum Gasteiger partial charge on any atom is 0.240 e. The van der Waals surface area contributed by atoms with Crippen molar-refractivity contribution in [1.82, 2.24) is 4.90 Å². The van der Waals surface area contributed by atoms with E-state index in [4.69, 9.17) is 0 Å². The second-order valence-electron chi connectivity index (χ2n) is 8.06. The van der Waals surface area contributed by atoms with Gasteiger partial charge in [-0.05, 0) is 55.3 Å². The minimum atomic E-state index is -0.733. The van der Waals surface area contributed by atoms with Crippen LogP contribution in [0.25, 0.3) is 6.08 Å². The second-order valence-corrected chi connectivity index (χ2v) is 8.06. The molecule has 30 heavy (non-hydrogen) atoms. The highest BCUT2D eigenvalue weighted by molar-refractivity contribution is 6.24. The number of imide groups is 1. The van der Waals surface area contributed by atoms with Crippen molar-refractivity contribution in [2.75, 3.05) is 4.90 Å². The number of hydrogen-bond acceptors (Lipinski definition) is 5. The number of anilines is 1. The van der Waals surface area contributed by atoms with Crippen LogP contribution in [-0.4, -0.2) is 34.3 Å². The number of fused-ring (bicyclic) bond motifs is 5. The molecule has 2 aromatic carbocycles. The number of benzene rings is 2. The molecule has 0 radical (unpaired) electrons. The minimum absolute atomic E-state index is 0.0876. The van der Waals surface area contributed by atoms with Gasteiger partial charge in [0, 0.05) is 11.8 Å². The van der Waals surface area contributed by atoms with Crippen LogP contribution in [0.2, 0.25) is 0 Å². The maximum atomic E-state index is 13.5. The number of ketones is 2. The Labute approximate surface area is 173 Å². The molecule has 2 fully saturated rings. The molecule has 3 heterocycles. The third-order valence-corrected chi connectivity index (χ3v) is 6.41. The predicted octanol–water partition coefficient (Wildman–Crippen LogP) is 2.99. The third kappa shape index (κ3) is 2.43. The van der Waals surface area contributed by atoms with Crippen LogP contribution in [-0.2, 0) is 14.4 Å².